The molecule has 4 saturated heterocycles. The Hall–Kier alpha value is -1.30. The van der Waals surface area contributed by atoms with Gasteiger partial charge in [0.15, 0.2) is 0 Å². The highest BCUT2D eigenvalue weighted by Crippen LogP contribution is 2.42. The van der Waals surface area contributed by atoms with Crippen molar-refractivity contribution in [2.75, 3.05) is 26.2 Å². The van der Waals surface area contributed by atoms with Crippen LogP contribution in [0.4, 0.5) is 4.79 Å². The van der Waals surface area contributed by atoms with Crippen LogP contribution in [0.3, 0.4) is 0 Å². The van der Waals surface area contributed by atoms with E-state index in [9.17, 15) is 9.59 Å². The first-order valence-electron chi connectivity index (χ1n) is 9.56. The van der Waals surface area contributed by atoms with Crippen LogP contribution >= 0.6 is 0 Å². The molecule has 24 heavy (non-hydrogen) atoms. The van der Waals surface area contributed by atoms with Crippen LogP contribution in [-0.2, 0) is 9.53 Å². The molecule has 0 saturated carbocycles. The second-order valence-corrected chi connectivity index (χ2v) is 8.11. The zero-order valence-electron chi connectivity index (χ0n) is 14.6. The summed E-state index contributed by atoms with van der Waals surface area (Å²) in [6, 6.07) is 1.31. The molecule has 4 rings (SSSR count). The number of hydrogen-bond donors (Lipinski definition) is 1. The summed E-state index contributed by atoms with van der Waals surface area (Å²) in [7, 11) is 0. The van der Waals surface area contributed by atoms with E-state index in [1.54, 1.807) is 0 Å². The molecule has 4 fully saturated rings. The van der Waals surface area contributed by atoms with Crippen LogP contribution in [0, 0.1) is 5.41 Å². The maximum absolute atomic E-state index is 12.2. The second-order valence-electron chi connectivity index (χ2n) is 8.11. The lowest BCUT2D eigenvalue weighted by atomic mass is 9.77. The quantitative estimate of drug-likeness (QED) is 0.835. The van der Waals surface area contributed by atoms with Crippen molar-refractivity contribution in [3.63, 3.8) is 0 Å². The van der Waals surface area contributed by atoms with Gasteiger partial charge in [0.1, 0.15) is 0 Å². The molecule has 0 aromatic carbocycles. The minimum Gasteiger partial charge on any atom is -0.450 e. The number of carbonyl (C=O) groups excluding carboxylic acids is 2. The molecule has 2 amide bonds. The maximum Gasteiger partial charge on any atom is 0.410 e. The Morgan fingerprint density at radius 2 is 1.88 bits per heavy atom. The van der Waals surface area contributed by atoms with Crippen molar-refractivity contribution < 1.29 is 14.3 Å². The zero-order chi connectivity index (χ0) is 16.7. The number of amides is 2. The van der Waals surface area contributed by atoms with E-state index in [-0.39, 0.29) is 17.4 Å². The van der Waals surface area contributed by atoms with Gasteiger partial charge in [-0.3, -0.25) is 4.79 Å². The van der Waals surface area contributed by atoms with E-state index in [4.69, 9.17) is 4.74 Å². The highest BCUT2D eigenvalue weighted by molar-refractivity contribution is 5.79. The number of carbonyl (C=O) groups is 2. The van der Waals surface area contributed by atoms with Gasteiger partial charge in [0.2, 0.25) is 5.91 Å². The van der Waals surface area contributed by atoms with Crippen LogP contribution in [0.5, 0.6) is 0 Å². The Balaban J connectivity index is 1.35. The van der Waals surface area contributed by atoms with Crippen molar-refractivity contribution >= 4 is 12.0 Å². The highest BCUT2D eigenvalue weighted by Gasteiger charge is 2.47. The van der Waals surface area contributed by atoms with Crippen LogP contribution in [0.2, 0.25) is 0 Å². The average Bonchev–Trinajstić information content (AvgIpc) is 3.05. The summed E-state index contributed by atoms with van der Waals surface area (Å²) in [4.78, 5) is 28.4. The Morgan fingerprint density at radius 3 is 2.42 bits per heavy atom. The number of nitrogens with one attached hydrogen (secondary N) is 1. The van der Waals surface area contributed by atoms with E-state index in [0.717, 1.165) is 58.2 Å². The van der Waals surface area contributed by atoms with Crippen LogP contribution < -0.4 is 5.32 Å². The van der Waals surface area contributed by atoms with Gasteiger partial charge in [-0.05, 0) is 64.0 Å². The summed E-state index contributed by atoms with van der Waals surface area (Å²) in [5.41, 5.74) is 0.220. The molecule has 6 heteroatoms. The van der Waals surface area contributed by atoms with E-state index < -0.39 is 0 Å². The molecule has 0 unspecified atom stereocenters. The molecule has 0 aliphatic carbocycles. The van der Waals surface area contributed by atoms with Gasteiger partial charge in [0.25, 0.3) is 0 Å². The van der Waals surface area contributed by atoms with Gasteiger partial charge >= 0.3 is 6.09 Å². The Labute approximate surface area is 143 Å². The molecule has 6 nitrogen and oxygen atoms in total. The van der Waals surface area contributed by atoms with E-state index >= 15 is 0 Å². The first-order chi connectivity index (χ1) is 11.6. The predicted molar refractivity (Wildman–Crippen MR) is 89.6 cm³/mol. The highest BCUT2D eigenvalue weighted by atomic mass is 16.6. The lowest BCUT2D eigenvalue weighted by Crippen LogP contribution is -2.54. The fraction of sp³-hybridized carbons (Fsp3) is 0.889. The van der Waals surface area contributed by atoms with Crippen LogP contribution in [0.25, 0.3) is 0 Å². The number of ether oxygens (including phenoxy) is 1. The van der Waals surface area contributed by atoms with Crippen molar-refractivity contribution in [2.45, 2.75) is 70.0 Å². The van der Waals surface area contributed by atoms with Gasteiger partial charge in [-0.15, -0.1) is 0 Å². The molecule has 134 valence electrons. The van der Waals surface area contributed by atoms with Gasteiger partial charge in [-0.2, -0.15) is 0 Å². The Morgan fingerprint density at radius 1 is 1.21 bits per heavy atom. The Kier molecular flexibility index (Phi) is 4.19. The van der Waals surface area contributed by atoms with Crippen molar-refractivity contribution in [1.82, 2.24) is 15.1 Å². The molecule has 0 aromatic heterocycles. The normalized spacial score (nSPS) is 35.3. The molecule has 1 N–H and O–H groups in total. The fourth-order valence-corrected chi connectivity index (χ4v) is 5.41. The summed E-state index contributed by atoms with van der Waals surface area (Å²) in [6.45, 7) is 5.39. The third-order valence-corrected chi connectivity index (χ3v) is 6.76. The molecular formula is C18H29N3O3. The van der Waals surface area contributed by atoms with Crippen molar-refractivity contribution in [3.05, 3.63) is 0 Å². The van der Waals surface area contributed by atoms with E-state index in [1.165, 1.54) is 0 Å². The van der Waals surface area contributed by atoms with E-state index in [2.05, 4.69) is 10.2 Å². The minimum atomic E-state index is -0.114. The number of fused-ring (bicyclic) bond motifs is 2. The smallest absolute Gasteiger partial charge is 0.410 e. The molecule has 3 atom stereocenters. The third kappa shape index (κ3) is 2.79. The summed E-state index contributed by atoms with van der Waals surface area (Å²) >= 11 is 0. The molecule has 0 aromatic rings. The number of hydrogen-bond acceptors (Lipinski definition) is 4. The Bertz CT molecular complexity index is 502. The van der Waals surface area contributed by atoms with Gasteiger partial charge in [-0.25, -0.2) is 4.79 Å². The van der Waals surface area contributed by atoms with Crippen molar-refractivity contribution in [1.29, 1.82) is 0 Å². The van der Waals surface area contributed by atoms with Crippen molar-refractivity contribution in [3.8, 4) is 0 Å². The predicted octanol–water partition coefficient (Wildman–Crippen LogP) is 1.74. The number of likely N-dealkylation sites (tertiary alicyclic amines) is 1. The molecule has 2 bridgehead atoms. The first-order valence-corrected chi connectivity index (χ1v) is 9.56. The topological polar surface area (TPSA) is 61.9 Å². The molecule has 4 heterocycles. The summed E-state index contributed by atoms with van der Waals surface area (Å²) in [6.07, 6.45) is 7.26. The van der Waals surface area contributed by atoms with Gasteiger partial charge in [0, 0.05) is 31.1 Å². The summed E-state index contributed by atoms with van der Waals surface area (Å²) < 4.78 is 5.25. The monoisotopic (exact) mass is 335 g/mol. The number of piperidine rings is 2. The second kappa shape index (κ2) is 6.21. The van der Waals surface area contributed by atoms with Gasteiger partial charge < -0.3 is 19.9 Å². The summed E-state index contributed by atoms with van der Waals surface area (Å²) in [5.74, 6) is 0.226. The number of rotatable bonds is 2. The van der Waals surface area contributed by atoms with E-state index in [1.807, 2.05) is 11.8 Å². The summed E-state index contributed by atoms with van der Waals surface area (Å²) in [5, 5.41) is 3.01. The first kappa shape index (κ1) is 16.2. The standard InChI is InChI=1S/C18H29N3O3/c1-2-24-17(23)21-13-3-4-14(21)10-15(9-13)20-7-5-18(6-8-20)11-16(22)19-12-18/h13-15H,2-12H2,1H3,(H,19,22)/t13-,14+,15+. The van der Waals surface area contributed by atoms with Crippen LogP contribution in [0.1, 0.15) is 51.9 Å². The molecule has 1 spiro atoms. The largest absolute Gasteiger partial charge is 0.450 e. The zero-order valence-corrected chi connectivity index (χ0v) is 14.6. The average molecular weight is 335 g/mol. The molecule has 4 aliphatic rings. The number of nitrogens with zero attached hydrogens (tertiary/aromatic N) is 2. The van der Waals surface area contributed by atoms with Crippen LogP contribution in [0.15, 0.2) is 0 Å². The minimum absolute atomic E-state index is 0.114. The SMILES string of the molecule is CCOC(=O)N1[C@@H]2CC[C@H]1C[C@@H](N1CCC3(CC1)CNC(=O)C3)C2. The van der Waals surface area contributed by atoms with Gasteiger partial charge in [0.05, 0.1) is 6.61 Å². The fourth-order valence-electron chi connectivity index (χ4n) is 5.41. The molecule has 4 aliphatic heterocycles. The lowest BCUT2D eigenvalue weighted by Gasteiger charge is -2.46. The molecule has 0 radical (unpaired) electrons. The van der Waals surface area contributed by atoms with E-state index in [0.29, 0.717) is 31.2 Å². The molecular weight excluding hydrogens is 306 g/mol. The third-order valence-electron chi connectivity index (χ3n) is 6.76. The van der Waals surface area contributed by atoms with Crippen molar-refractivity contribution in [2.24, 2.45) is 5.41 Å². The lowest BCUT2D eigenvalue weighted by molar-refractivity contribution is -0.119. The van der Waals surface area contributed by atoms with Gasteiger partial charge in [-0.1, -0.05) is 0 Å². The van der Waals surface area contributed by atoms with Crippen LogP contribution in [-0.4, -0.2) is 66.2 Å². The maximum atomic E-state index is 12.2.